The number of carbonyl (C=O) groups is 1. The SMILES string of the molecule is O=C(NCCCOCCO)C1CNc2ccccc2O1. The van der Waals surface area contributed by atoms with Crippen molar-refractivity contribution in [2.45, 2.75) is 12.5 Å². The van der Waals surface area contributed by atoms with Crippen molar-refractivity contribution in [3.63, 3.8) is 0 Å². The number of carbonyl (C=O) groups excluding carboxylic acids is 1. The second kappa shape index (κ2) is 7.72. The largest absolute Gasteiger partial charge is 0.477 e. The fraction of sp³-hybridized carbons (Fsp3) is 0.500. The van der Waals surface area contributed by atoms with Crippen LogP contribution in [0.4, 0.5) is 5.69 Å². The van der Waals surface area contributed by atoms with Crippen molar-refractivity contribution in [1.29, 1.82) is 0 Å². The third-order valence-electron chi connectivity index (χ3n) is 2.93. The molecule has 20 heavy (non-hydrogen) atoms. The average Bonchev–Trinajstić information content (AvgIpc) is 2.50. The van der Waals surface area contributed by atoms with Crippen LogP contribution in [0.5, 0.6) is 5.75 Å². The summed E-state index contributed by atoms with van der Waals surface area (Å²) in [6.45, 7) is 1.87. The van der Waals surface area contributed by atoms with Gasteiger partial charge in [-0.15, -0.1) is 0 Å². The molecule has 1 amide bonds. The molecule has 0 aromatic heterocycles. The van der Waals surface area contributed by atoms with Crippen LogP contribution < -0.4 is 15.4 Å². The maximum absolute atomic E-state index is 11.9. The number of anilines is 1. The molecule has 0 bridgehead atoms. The molecule has 6 nitrogen and oxygen atoms in total. The Morgan fingerprint density at radius 2 is 2.30 bits per heavy atom. The van der Waals surface area contributed by atoms with Gasteiger partial charge in [-0.2, -0.15) is 0 Å². The minimum Gasteiger partial charge on any atom is -0.477 e. The maximum Gasteiger partial charge on any atom is 0.262 e. The van der Waals surface area contributed by atoms with Crippen molar-refractivity contribution >= 4 is 11.6 Å². The zero-order valence-electron chi connectivity index (χ0n) is 11.3. The van der Waals surface area contributed by atoms with E-state index < -0.39 is 6.10 Å². The lowest BCUT2D eigenvalue weighted by atomic mass is 10.2. The first kappa shape index (κ1) is 14.6. The summed E-state index contributed by atoms with van der Waals surface area (Å²) in [5.74, 6) is 0.569. The quantitative estimate of drug-likeness (QED) is 0.629. The van der Waals surface area contributed by atoms with E-state index in [2.05, 4.69) is 10.6 Å². The van der Waals surface area contributed by atoms with Gasteiger partial charge >= 0.3 is 0 Å². The van der Waals surface area contributed by atoms with Crippen molar-refractivity contribution in [3.8, 4) is 5.75 Å². The summed E-state index contributed by atoms with van der Waals surface area (Å²) in [5.41, 5.74) is 0.911. The predicted octanol–water partition coefficient (Wildman–Crippen LogP) is 0.375. The van der Waals surface area contributed by atoms with Crippen LogP contribution in [0, 0.1) is 0 Å². The van der Waals surface area contributed by atoms with Gasteiger partial charge in [-0.25, -0.2) is 0 Å². The molecule has 0 radical (unpaired) electrons. The molecule has 3 N–H and O–H groups in total. The molecule has 0 aliphatic carbocycles. The highest BCUT2D eigenvalue weighted by atomic mass is 16.5. The standard InChI is InChI=1S/C14H20N2O4/c17-7-9-19-8-3-6-15-14(18)13-10-16-11-4-1-2-5-12(11)20-13/h1-2,4-5,13,16-17H,3,6-10H2,(H,15,18). The summed E-state index contributed by atoms with van der Waals surface area (Å²) >= 11 is 0. The third kappa shape index (κ3) is 4.11. The lowest BCUT2D eigenvalue weighted by molar-refractivity contribution is -0.127. The highest BCUT2D eigenvalue weighted by Crippen LogP contribution is 2.28. The molecule has 0 saturated carbocycles. The van der Waals surface area contributed by atoms with Crippen molar-refractivity contribution in [1.82, 2.24) is 5.32 Å². The number of ether oxygens (including phenoxy) is 2. The van der Waals surface area contributed by atoms with Gasteiger partial charge < -0.3 is 25.2 Å². The number of amides is 1. The van der Waals surface area contributed by atoms with E-state index in [1.165, 1.54) is 0 Å². The molecule has 0 fully saturated rings. The van der Waals surface area contributed by atoms with E-state index in [4.69, 9.17) is 14.6 Å². The Balaban J connectivity index is 1.69. The van der Waals surface area contributed by atoms with Gasteiger partial charge in [-0.3, -0.25) is 4.79 Å². The molecular weight excluding hydrogens is 260 g/mol. The molecule has 2 rings (SSSR count). The number of para-hydroxylation sites is 2. The summed E-state index contributed by atoms with van der Waals surface area (Å²) in [6, 6.07) is 7.55. The zero-order chi connectivity index (χ0) is 14.2. The maximum atomic E-state index is 11.9. The van der Waals surface area contributed by atoms with Crippen LogP contribution in [0.1, 0.15) is 6.42 Å². The third-order valence-corrected chi connectivity index (χ3v) is 2.93. The van der Waals surface area contributed by atoms with E-state index in [9.17, 15) is 4.79 Å². The Kier molecular flexibility index (Phi) is 5.64. The summed E-state index contributed by atoms with van der Waals surface area (Å²) in [5, 5.41) is 14.5. The molecule has 110 valence electrons. The van der Waals surface area contributed by atoms with Crippen LogP contribution in [0.15, 0.2) is 24.3 Å². The van der Waals surface area contributed by atoms with Crippen molar-refractivity contribution in [2.75, 3.05) is 38.2 Å². The molecule has 1 aliphatic heterocycles. The van der Waals surface area contributed by atoms with Crippen LogP contribution in [0.25, 0.3) is 0 Å². The predicted molar refractivity (Wildman–Crippen MR) is 74.9 cm³/mol. The highest BCUT2D eigenvalue weighted by Gasteiger charge is 2.24. The first-order chi connectivity index (χ1) is 9.81. The number of hydrogen-bond donors (Lipinski definition) is 3. The fourth-order valence-corrected chi connectivity index (χ4v) is 1.93. The van der Waals surface area contributed by atoms with E-state index in [0.29, 0.717) is 38.5 Å². The number of benzene rings is 1. The van der Waals surface area contributed by atoms with Gasteiger partial charge in [0.05, 0.1) is 25.4 Å². The number of rotatable bonds is 7. The van der Waals surface area contributed by atoms with Gasteiger partial charge in [0.2, 0.25) is 0 Å². The molecule has 1 atom stereocenters. The van der Waals surface area contributed by atoms with Gasteiger partial charge in [0.25, 0.3) is 5.91 Å². The average molecular weight is 280 g/mol. The molecule has 1 unspecified atom stereocenters. The van der Waals surface area contributed by atoms with Crippen molar-refractivity contribution < 1.29 is 19.4 Å². The molecular formula is C14H20N2O4. The van der Waals surface area contributed by atoms with Crippen molar-refractivity contribution in [2.24, 2.45) is 0 Å². The molecule has 1 aliphatic rings. The van der Waals surface area contributed by atoms with E-state index in [1.54, 1.807) is 0 Å². The minimum absolute atomic E-state index is 0.0212. The summed E-state index contributed by atoms with van der Waals surface area (Å²) in [4.78, 5) is 11.9. The van der Waals surface area contributed by atoms with Crippen LogP contribution in [0.3, 0.4) is 0 Å². The second-order valence-corrected chi connectivity index (χ2v) is 4.46. The summed E-state index contributed by atoms with van der Waals surface area (Å²) in [6.07, 6.45) is 0.200. The number of aliphatic hydroxyl groups excluding tert-OH is 1. The van der Waals surface area contributed by atoms with Crippen LogP contribution in [-0.2, 0) is 9.53 Å². The first-order valence-electron chi connectivity index (χ1n) is 6.77. The number of aliphatic hydroxyl groups is 1. The fourth-order valence-electron chi connectivity index (χ4n) is 1.93. The van der Waals surface area contributed by atoms with Crippen molar-refractivity contribution in [3.05, 3.63) is 24.3 Å². The Labute approximate surface area is 118 Å². The van der Waals surface area contributed by atoms with E-state index in [0.717, 1.165) is 5.69 Å². The van der Waals surface area contributed by atoms with Gasteiger partial charge in [-0.05, 0) is 18.6 Å². The molecule has 1 heterocycles. The van der Waals surface area contributed by atoms with Gasteiger partial charge in [-0.1, -0.05) is 12.1 Å². The van der Waals surface area contributed by atoms with E-state index in [-0.39, 0.29) is 12.5 Å². The van der Waals surface area contributed by atoms with Gasteiger partial charge in [0.1, 0.15) is 5.75 Å². The highest BCUT2D eigenvalue weighted by molar-refractivity contribution is 5.83. The van der Waals surface area contributed by atoms with Gasteiger partial charge in [0, 0.05) is 13.2 Å². The van der Waals surface area contributed by atoms with E-state index >= 15 is 0 Å². The smallest absolute Gasteiger partial charge is 0.262 e. The van der Waals surface area contributed by atoms with Crippen LogP contribution in [-0.4, -0.2) is 50.0 Å². The Morgan fingerprint density at radius 3 is 3.15 bits per heavy atom. The molecule has 1 aromatic rings. The topological polar surface area (TPSA) is 79.8 Å². The number of hydrogen-bond acceptors (Lipinski definition) is 5. The normalized spacial score (nSPS) is 16.8. The molecule has 1 aromatic carbocycles. The Morgan fingerprint density at radius 1 is 1.45 bits per heavy atom. The zero-order valence-corrected chi connectivity index (χ0v) is 11.3. The minimum atomic E-state index is -0.511. The number of nitrogens with one attached hydrogen (secondary N) is 2. The van der Waals surface area contributed by atoms with Gasteiger partial charge in [0.15, 0.2) is 6.10 Å². The lowest BCUT2D eigenvalue weighted by Gasteiger charge is -2.26. The number of fused-ring (bicyclic) bond motifs is 1. The second-order valence-electron chi connectivity index (χ2n) is 4.46. The Hall–Kier alpha value is -1.79. The van der Waals surface area contributed by atoms with Crippen LogP contribution >= 0.6 is 0 Å². The molecule has 0 spiro atoms. The van der Waals surface area contributed by atoms with Crippen LogP contribution in [0.2, 0.25) is 0 Å². The molecule has 6 heteroatoms. The summed E-state index contributed by atoms with van der Waals surface area (Å²) in [7, 11) is 0. The monoisotopic (exact) mass is 280 g/mol. The van der Waals surface area contributed by atoms with E-state index in [1.807, 2.05) is 24.3 Å². The Bertz CT molecular complexity index is 439. The lowest BCUT2D eigenvalue weighted by Crippen LogP contribution is -2.45. The summed E-state index contributed by atoms with van der Waals surface area (Å²) < 4.78 is 10.8. The molecule has 0 saturated heterocycles. The first-order valence-corrected chi connectivity index (χ1v) is 6.77.